The van der Waals surface area contributed by atoms with Crippen LogP contribution in [0.1, 0.15) is 47.6 Å². The minimum absolute atomic E-state index is 0.300. The molecule has 0 saturated heterocycles. The highest BCUT2D eigenvalue weighted by atomic mass is 14.8. The minimum Gasteiger partial charge on any atom is -0.317 e. The van der Waals surface area contributed by atoms with Crippen LogP contribution in [0.3, 0.4) is 0 Å². The van der Waals surface area contributed by atoms with Crippen molar-refractivity contribution in [1.82, 2.24) is 5.32 Å². The van der Waals surface area contributed by atoms with Crippen LogP contribution in [-0.4, -0.2) is 13.1 Å². The predicted molar refractivity (Wildman–Crippen MR) is 114 cm³/mol. The van der Waals surface area contributed by atoms with Crippen molar-refractivity contribution in [3.63, 3.8) is 0 Å². The normalized spacial score (nSPS) is 10.3. The fourth-order valence-corrected chi connectivity index (χ4v) is 3.24. The Hall–Kier alpha value is -2.38. The average molecular weight is 346 g/mol. The summed E-state index contributed by atoms with van der Waals surface area (Å²) in [7, 11) is 0. The molecule has 3 aromatic carbocycles. The van der Waals surface area contributed by atoms with Crippen LogP contribution in [0.15, 0.2) is 78.9 Å². The zero-order chi connectivity index (χ0) is 18.8. The molecule has 1 N–H and O–H groups in total. The number of aryl methyl sites for hydroxylation is 2. The summed E-state index contributed by atoms with van der Waals surface area (Å²) < 4.78 is 0. The van der Waals surface area contributed by atoms with E-state index in [0.717, 1.165) is 13.1 Å². The zero-order valence-electron chi connectivity index (χ0n) is 16.5. The molecule has 0 heterocycles. The van der Waals surface area contributed by atoms with Gasteiger partial charge in [-0.25, -0.2) is 0 Å². The molecule has 0 fully saturated rings. The van der Waals surface area contributed by atoms with Crippen molar-refractivity contribution in [2.45, 2.75) is 33.6 Å². The van der Waals surface area contributed by atoms with E-state index in [1.54, 1.807) is 0 Å². The Labute approximate surface area is 159 Å². The third-order valence-corrected chi connectivity index (χ3v) is 4.63. The Morgan fingerprint density at radius 2 is 1.04 bits per heavy atom. The number of nitrogens with one attached hydrogen (secondary N) is 1. The Morgan fingerprint density at radius 3 is 1.42 bits per heavy atom. The molecule has 0 aromatic heterocycles. The standard InChI is InChI=1S/C21H20.C4H11N/c1-16-10-6-8-14-19(16)21(18-12-4-3-5-13-18)20-15-9-7-11-17(20)2;1-3-5-4-2/h3-15,21H,1-2H3;5H,3-4H2,1-2H3. The number of rotatable bonds is 5. The summed E-state index contributed by atoms with van der Waals surface area (Å²) in [6.07, 6.45) is 0. The fraction of sp³-hybridized carbons (Fsp3) is 0.280. The second kappa shape index (κ2) is 10.6. The maximum Gasteiger partial charge on any atom is 0.0345 e. The van der Waals surface area contributed by atoms with Gasteiger partial charge in [-0.2, -0.15) is 0 Å². The molecular formula is C25H31N. The van der Waals surface area contributed by atoms with Gasteiger partial charge in [-0.3, -0.25) is 0 Å². The van der Waals surface area contributed by atoms with Crippen molar-refractivity contribution >= 4 is 0 Å². The van der Waals surface area contributed by atoms with Crippen molar-refractivity contribution in [2.24, 2.45) is 0 Å². The lowest BCUT2D eigenvalue weighted by Crippen LogP contribution is -2.09. The fourth-order valence-electron chi connectivity index (χ4n) is 3.24. The highest BCUT2D eigenvalue weighted by molar-refractivity contribution is 5.48. The second-order valence-corrected chi connectivity index (χ2v) is 6.51. The third-order valence-electron chi connectivity index (χ3n) is 4.63. The monoisotopic (exact) mass is 345 g/mol. The van der Waals surface area contributed by atoms with E-state index in [2.05, 4.69) is 112 Å². The van der Waals surface area contributed by atoms with E-state index in [1.807, 2.05) is 0 Å². The molecule has 3 aromatic rings. The van der Waals surface area contributed by atoms with Crippen LogP contribution in [0.5, 0.6) is 0 Å². The van der Waals surface area contributed by atoms with Crippen LogP contribution in [0.4, 0.5) is 0 Å². The molecule has 0 aliphatic carbocycles. The van der Waals surface area contributed by atoms with E-state index < -0.39 is 0 Å². The third kappa shape index (κ3) is 5.31. The Kier molecular flexibility index (Phi) is 8.11. The largest absolute Gasteiger partial charge is 0.317 e. The summed E-state index contributed by atoms with van der Waals surface area (Å²) in [5.74, 6) is 0.300. The lowest BCUT2D eigenvalue weighted by atomic mass is 9.81. The zero-order valence-corrected chi connectivity index (χ0v) is 16.5. The van der Waals surface area contributed by atoms with E-state index in [1.165, 1.54) is 27.8 Å². The van der Waals surface area contributed by atoms with Crippen LogP contribution >= 0.6 is 0 Å². The van der Waals surface area contributed by atoms with Gasteiger partial charge in [0.2, 0.25) is 0 Å². The van der Waals surface area contributed by atoms with Crippen molar-refractivity contribution in [2.75, 3.05) is 13.1 Å². The molecule has 136 valence electrons. The van der Waals surface area contributed by atoms with Crippen LogP contribution in [-0.2, 0) is 0 Å². The van der Waals surface area contributed by atoms with E-state index in [-0.39, 0.29) is 0 Å². The summed E-state index contributed by atoms with van der Waals surface area (Å²) in [5.41, 5.74) is 6.81. The van der Waals surface area contributed by atoms with Crippen molar-refractivity contribution < 1.29 is 0 Å². The van der Waals surface area contributed by atoms with Crippen LogP contribution in [0.2, 0.25) is 0 Å². The summed E-state index contributed by atoms with van der Waals surface area (Å²) in [4.78, 5) is 0. The Balaban J connectivity index is 0.000000431. The van der Waals surface area contributed by atoms with Gasteiger partial charge in [0.25, 0.3) is 0 Å². The summed E-state index contributed by atoms with van der Waals surface area (Å²) in [6, 6.07) is 28.2. The van der Waals surface area contributed by atoms with Gasteiger partial charge in [-0.15, -0.1) is 0 Å². The molecule has 0 unspecified atom stereocenters. The van der Waals surface area contributed by atoms with Crippen molar-refractivity contribution in [1.29, 1.82) is 0 Å². The first-order valence-electron chi connectivity index (χ1n) is 9.55. The van der Waals surface area contributed by atoms with Crippen molar-refractivity contribution in [3.8, 4) is 0 Å². The van der Waals surface area contributed by atoms with Gasteiger partial charge >= 0.3 is 0 Å². The van der Waals surface area contributed by atoms with E-state index >= 15 is 0 Å². The molecule has 3 rings (SSSR count). The Morgan fingerprint density at radius 1 is 0.615 bits per heavy atom. The molecule has 0 spiro atoms. The van der Waals surface area contributed by atoms with Gasteiger partial charge in [0.15, 0.2) is 0 Å². The van der Waals surface area contributed by atoms with Gasteiger partial charge in [0.05, 0.1) is 0 Å². The molecule has 0 atom stereocenters. The van der Waals surface area contributed by atoms with Crippen LogP contribution in [0.25, 0.3) is 0 Å². The summed E-state index contributed by atoms with van der Waals surface area (Å²) in [6.45, 7) is 10.8. The molecule has 0 saturated carbocycles. The number of benzene rings is 3. The second-order valence-electron chi connectivity index (χ2n) is 6.51. The van der Waals surface area contributed by atoms with Crippen molar-refractivity contribution in [3.05, 3.63) is 107 Å². The lowest BCUT2D eigenvalue weighted by Gasteiger charge is -2.22. The number of hydrogen-bond donors (Lipinski definition) is 1. The molecule has 0 aliphatic rings. The minimum atomic E-state index is 0.300. The Bertz CT molecular complexity index is 729. The predicted octanol–water partition coefficient (Wildman–Crippen LogP) is 6.10. The maximum atomic E-state index is 3.11. The smallest absolute Gasteiger partial charge is 0.0345 e. The van der Waals surface area contributed by atoms with E-state index in [9.17, 15) is 0 Å². The van der Waals surface area contributed by atoms with Gasteiger partial charge < -0.3 is 5.32 Å². The highest BCUT2D eigenvalue weighted by Crippen LogP contribution is 2.35. The molecule has 1 nitrogen and oxygen atoms in total. The van der Waals surface area contributed by atoms with Gasteiger partial charge in [0, 0.05) is 5.92 Å². The summed E-state index contributed by atoms with van der Waals surface area (Å²) >= 11 is 0. The van der Waals surface area contributed by atoms with E-state index in [4.69, 9.17) is 0 Å². The molecule has 0 aliphatic heterocycles. The van der Waals surface area contributed by atoms with Gasteiger partial charge in [0.1, 0.15) is 0 Å². The highest BCUT2D eigenvalue weighted by Gasteiger charge is 2.19. The average Bonchev–Trinajstić information content (AvgIpc) is 2.67. The quantitative estimate of drug-likeness (QED) is 0.551. The lowest BCUT2D eigenvalue weighted by molar-refractivity contribution is 0.762. The molecule has 0 amide bonds. The molecule has 1 heteroatoms. The number of hydrogen-bond acceptors (Lipinski definition) is 1. The van der Waals surface area contributed by atoms with Gasteiger partial charge in [-0.1, -0.05) is 92.7 Å². The first-order chi connectivity index (χ1) is 12.7. The molecule has 0 radical (unpaired) electrons. The van der Waals surface area contributed by atoms with E-state index in [0.29, 0.717) is 5.92 Å². The van der Waals surface area contributed by atoms with Crippen LogP contribution < -0.4 is 5.32 Å². The van der Waals surface area contributed by atoms with Crippen LogP contribution in [0, 0.1) is 13.8 Å². The molecular weight excluding hydrogens is 314 g/mol. The molecule has 26 heavy (non-hydrogen) atoms. The molecule has 0 bridgehead atoms. The summed E-state index contributed by atoms with van der Waals surface area (Å²) in [5, 5.41) is 3.11. The van der Waals surface area contributed by atoms with Gasteiger partial charge in [-0.05, 0) is 54.8 Å². The first-order valence-corrected chi connectivity index (χ1v) is 9.55. The SMILES string of the molecule is CCNCC.Cc1ccccc1C(c1ccccc1)c1ccccc1C. The first kappa shape index (κ1) is 19.9. The maximum absolute atomic E-state index is 3.11. The topological polar surface area (TPSA) is 12.0 Å².